The Bertz CT molecular complexity index is 829. The minimum Gasteiger partial charge on any atom is -0.340 e. The predicted octanol–water partition coefficient (Wildman–Crippen LogP) is 2.35. The van der Waals surface area contributed by atoms with E-state index in [1.54, 1.807) is 34.5 Å². The summed E-state index contributed by atoms with van der Waals surface area (Å²) >= 11 is 1.20. The molecule has 1 aliphatic rings. The van der Waals surface area contributed by atoms with Gasteiger partial charge < -0.3 is 4.90 Å². The number of benzene rings is 1. The standard InChI is InChI=1S/C17H19FN2O3S2/c18-15-4-1-3-14(13-15)6-7-16(21)19-8-10-20(11-9-19)25(22,23)17-5-2-12-24-17/h1-5,12-13H,6-11H2. The average Bonchev–Trinajstić information content (AvgIpc) is 3.15. The van der Waals surface area contributed by atoms with Gasteiger partial charge in [0.05, 0.1) is 0 Å². The Balaban J connectivity index is 1.52. The zero-order valence-electron chi connectivity index (χ0n) is 13.6. The molecule has 1 fully saturated rings. The summed E-state index contributed by atoms with van der Waals surface area (Å²) in [6.07, 6.45) is 0.769. The first-order valence-electron chi connectivity index (χ1n) is 8.03. The Morgan fingerprint density at radius 2 is 1.88 bits per heavy atom. The second-order valence-electron chi connectivity index (χ2n) is 5.85. The van der Waals surface area contributed by atoms with Crippen molar-refractivity contribution in [3.05, 3.63) is 53.2 Å². The Morgan fingerprint density at radius 1 is 1.12 bits per heavy atom. The van der Waals surface area contributed by atoms with Crippen molar-refractivity contribution in [3.63, 3.8) is 0 Å². The van der Waals surface area contributed by atoms with Crippen molar-refractivity contribution in [1.29, 1.82) is 0 Å². The molecule has 1 saturated heterocycles. The number of nitrogens with zero attached hydrogens (tertiary/aromatic N) is 2. The molecular weight excluding hydrogens is 363 g/mol. The highest BCUT2D eigenvalue weighted by atomic mass is 32.2. The minimum atomic E-state index is -3.46. The predicted molar refractivity (Wildman–Crippen MR) is 94.4 cm³/mol. The molecule has 2 aromatic rings. The second-order valence-corrected chi connectivity index (χ2v) is 8.96. The SMILES string of the molecule is O=C(CCc1cccc(F)c1)N1CCN(S(=O)(=O)c2cccs2)CC1. The van der Waals surface area contributed by atoms with Gasteiger partial charge in [0.25, 0.3) is 10.0 Å². The number of carbonyl (C=O) groups is 1. The molecule has 1 aliphatic heterocycles. The number of sulfonamides is 1. The molecule has 1 aromatic heterocycles. The molecule has 0 bridgehead atoms. The third-order valence-corrected chi connectivity index (χ3v) is 7.47. The molecule has 134 valence electrons. The lowest BCUT2D eigenvalue weighted by molar-refractivity contribution is -0.132. The number of aryl methyl sites for hydroxylation is 1. The Morgan fingerprint density at radius 3 is 2.52 bits per heavy atom. The van der Waals surface area contributed by atoms with Gasteiger partial charge in [-0.3, -0.25) is 4.79 Å². The first-order valence-corrected chi connectivity index (χ1v) is 10.3. The molecule has 0 spiro atoms. The molecule has 0 aliphatic carbocycles. The van der Waals surface area contributed by atoms with Gasteiger partial charge in [-0.2, -0.15) is 4.31 Å². The van der Waals surface area contributed by atoms with Crippen LogP contribution in [0.1, 0.15) is 12.0 Å². The van der Waals surface area contributed by atoms with Gasteiger partial charge in [-0.15, -0.1) is 11.3 Å². The van der Waals surface area contributed by atoms with Gasteiger partial charge in [0.1, 0.15) is 10.0 Å². The van der Waals surface area contributed by atoms with Crippen molar-refractivity contribution in [2.75, 3.05) is 26.2 Å². The molecule has 2 heterocycles. The van der Waals surface area contributed by atoms with E-state index in [0.717, 1.165) is 5.56 Å². The number of carbonyl (C=O) groups excluding carboxylic acids is 1. The lowest BCUT2D eigenvalue weighted by atomic mass is 10.1. The van der Waals surface area contributed by atoms with Crippen LogP contribution >= 0.6 is 11.3 Å². The summed E-state index contributed by atoms with van der Waals surface area (Å²) in [5.74, 6) is -0.338. The van der Waals surface area contributed by atoms with Gasteiger partial charge >= 0.3 is 0 Å². The quantitative estimate of drug-likeness (QED) is 0.798. The van der Waals surface area contributed by atoms with Crippen LogP contribution in [0.25, 0.3) is 0 Å². The van der Waals surface area contributed by atoms with Gasteiger partial charge in [-0.25, -0.2) is 12.8 Å². The molecule has 8 heteroatoms. The fourth-order valence-corrected chi connectivity index (χ4v) is 5.38. The van der Waals surface area contributed by atoms with Gasteiger partial charge in [0.15, 0.2) is 0 Å². The second kappa shape index (κ2) is 7.63. The van der Waals surface area contributed by atoms with Crippen molar-refractivity contribution < 1.29 is 17.6 Å². The zero-order valence-corrected chi connectivity index (χ0v) is 15.2. The van der Waals surface area contributed by atoms with Crippen LogP contribution in [0.4, 0.5) is 4.39 Å². The summed E-state index contributed by atoms with van der Waals surface area (Å²) in [5.41, 5.74) is 0.784. The van der Waals surface area contributed by atoms with Crippen molar-refractivity contribution in [3.8, 4) is 0 Å². The first-order chi connectivity index (χ1) is 12.0. The molecule has 1 amide bonds. The van der Waals surface area contributed by atoms with Crippen molar-refractivity contribution in [1.82, 2.24) is 9.21 Å². The molecule has 5 nitrogen and oxygen atoms in total. The number of thiophene rings is 1. The Kier molecular flexibility index (Phi) is 5.51. The lowest BCUT2D eigenvalue weighted by Crippen LogP contribution is -2.50. The fourth-order valence-electron chi connectivity index (χ4n) is 2.82. The van der Waals surface area contributed by atoms with E-state index >= 15 is 0 Å². The zero-order chi connectivity index (χ0) is 17.9. The number of halogens is 1. The normalized spacial score (nSPS) is 16.1. The highest BCUT2D eigenvalue weighted by molar-refractivity contribution is 7.91. The molecule has 0 saturated carbocycles. The van der Waals surface area contributed by atoms with E-state index in [1.807, 2.05) is 0 Å². The summed E-state index contributed by atoms with van der Waals surface area (Å²) in [4.78, 5) is 14.0. The number of rotatable bonds is 5. The van der Waals surface area contributed by atoms with E-state index in [-0.39, 0.29) is 11.7 Å². The summed E-state index contributed by atoms with van der Waals surface area (Å²) < 4.78 is 39.8. The topological polar surface area (TPSA) is 57.7 Å². The molecule has 0 atom stereocenters. The number of amides is 1. The highest BCUT2D eigenvalue weighted by Gasteiger charge is 2.30. The average molecular weight is 382 g/mol. The van der Waals surface area contributed by atoms with Crippen LogP contribution in [0, 0.1) is 5.82 Å². The highest BCUT2D eigenvalue weighted by Crippen LogP contribution is 2.22. The molecule has 0 N–H and O–H groups in total. The molecule has 3 rings (SSSR count). The summed E-state index contributed by atoms with van der Waals surface area (Å²) in [6, 6.07) is 9.53. The van der Waals surface area contributed by atoms with Crippen LogP contribution in [0.5, 0.6) is 0 Å². The van der Waals surface area contributed by atoms with Crippen LogP contribution < -0.4 is 0 Å². The third kappa shape index (κ3) is 4.26. The van der Waals surface area contributed by atoms with Crippen molar-refractivity contribution in [2.45, 2.75) is 17.1 Å². The van der Waals surface area contributed by atoms with Gasteiger partial charge in [-0.1, -0.05) is 18.2 Å². The van der Waals surface area contributed by atoms with E-state index in [2.05, 4.69) is 0 Å². The molecular formula is C17H19FN2O3S2. The molecule has 0 unspecified atom stereocenters. The monoisotopic (exact) mass is 382 g/mol. The number of hydrogen-bond donors (Lipinski definition) is 0. The maximum Gasteiger partial charge on any atom is 0.252 e. The van der Waals surface area contributed by atoms with E-state index < -0.39 is 10.0 Å². The van der Waals surface area contributed by atoms with Crippen molar-refractivity contribution in [2.24, 2.45) is 0 Å². The summed E-state index contributed by atoms with van der Waals surface area (Å²) in [5, 5.41) is 1.74. The number of hydrogen-bond acceptors (Lipinski definition) is 4. The first kappa shape index (κ1) is 18.0. The van der Waals surface area contributed by atoms with E-state index in [9.17, 15) is 17.6 Å². The van der Waals surface area contributed by atoms with Crippen LogP contribution in [0.3, 0.4) is 0 Å². The molecule has 0 radical (unpaired) electrons. The van der Waals surface area contributed by atoms with Crippen molar-refractivity contribution >= 4 is 27.3 Å². The van der Waals surface area contributed by atoms with Crippen LogP contribution in [0.15, 0.2) is 46.0 Å². The fraction of sp³-hybridized carbons (Fsp3) is 0.353. The van der Waals surface area contributed by atoms with E-state index in [0.29, 0.717) is 43.2 Å². The molecule has 25 heavy (non-hydrogen) atoms. The summed E-state index contributed by atoms with van der Waals surface area (Å²) in [7, 11) is -3.46. The van der Waals surface area contributed by atoms with Crippen LogP contribution in [-0.2, 0) is 21.2 Å². The Hall–Kier alpha value is -1.77. The smallest absolute Gasteiger partial charge is 0.252 e. The lowest BCUT2D eigenvalue weighted by Gasteiger charge is -2.33. The van der Waals surface area contributed by atoms with Gasteiger partial charge in [0, 0.05) is 32.6 Å². The summed E-state index contributed by atoms with van der Waals surface area (Å²) in [6.45, 7) is 1.36. The maximum absolute atomic E-state index is 13.2. The van der Waals surface area contributed by atoms with Crippen LogP contribution in [0.2, 0.25) is 0 Å². The Labute approximate surface area is 150 Å². The maximum atomic E-state index is 13.2. The van der Waals surface area contributed by atoms with Gasteiger partial charge in [0.2, 0.25) is 5.91 Å². The largest absolute Gasteiger partial charge is 0.340 e. The molecule has 1 aromatic carbocycles. The van der Waals surface area contributed by atoms with E-state index in [4.69, 9.17) is 0 Å². The minimum absolute atomic E-state index is 0.0302. The third-order valence-electron chi connectivity index (χ3n) is 4.20. The number of piperazine rings is 1. The van der Waals surface area contributed by atoms with E-state index in [1.165, 1.54) is 27.8 Å². The van der Waals surface area contributed by atoms with Crippen LogP contribution in [-0.4, -0.2) is 49.7 Å². The van der Waals surface area contributed by atoms with Gasteiger partial charge in [-0.05, 0) is 35.6 Å².